The number of hydrogen-bond acceptors (Lipinski definition) is 4. The van der Waals surface area contributed by atoms with Gasteiger partial charge in [0.1, 0.15) is 5.15 Å². The average Bonchev–Trinajstić information content (AvgIpc) is 2.30. The van der Waals surface area contributed by atoms with Crippen molar-refractivity contribution < 1.29 is 9.13 Å². The fourth-order valence-corrected chi connectivity index (χ4v) is 1.52. The van der Waals surface area contributed by atoms with Crippen LogP contribution in [0.4, 0.5) is 10.1 Å². The molecule has 0 saturated heterocycles. The lowest BCUT2D eigenvalue weighted by Crippen LogP contribution is -1.94. The maximum absolute atomic E-state index is 13.6. The van der Waals surface area contributed by atoms with E-state index in [4.69, 9.17) is 27.3 Å². The molecule has 0 aliphatic carbocycles. The van der Waals surface area contributed by atoms with Gasteiger partial charge in [0.25, 0.3) is 0 Å². The Kier molecular flexibility index (Phi) is 3.31. The second kappa shape index (κ2) is 4.90. The Balaban J connectivity index is 2.31. The number of rotatable bonds is 2. The minimum atomic E-state index is -0.658. The maximum atomic E-state index is 13.6. The van der Waals surface area contributed by atoms with Crippen molar-refractivity contribution in [1.29, 1.82) is 5.26 Å². The van der Waals surface area contributed by atoms with Crippen molar-refractivity contribution >= 4 is 17.3 Å². The van der Waals surface area contributed by atoms with Crippen molar-refractivity contribution in [2.75, 3.05) is 5.73 Å². The van der Waals surface area contributed by atoms with Crippen LogP contribution in [0.2, 0.25) is 5.15 Å². The maximum Gasteiger partial charge on any atom is 0.222 e. The molecule has 0 radical (unpaired) electrons. The molecule has 0 atom stereocenters. The molecule has 4 nitrogen and oxygen atoms in total. The molecule has 2 N–H and O–H groups in total. The van der Waals surface area contributed by atoms with E-state index in [1.807, 2.05) is 6.07 Å². The van der Waals surface area contributed by atoms with Crippen molar-refractivity contribution in [1.82, 2.24) is 4.98 Å². The summed E-state index contributed by atoms with van der Waals surface area (Å²) in [5.74, 6) is -0.624. The zero-order valence-corrected chi connectivity index (χ0v) is 9.78. The molecule has 2 rings (SSSR count). The Morgan fingerprint density at radius 1 is 1.33 bits per heavy atom. The zero-order chi connectivity index (χ0) is 13.1. The smallest absolute Gasteiger partial charge is 0.222 e. The highest BCUT2D eigenvalue weighted by atomic mass is 35.5. The van der Waals surface area contributed by atoms with Gasteiger partial charge in [0.15, 0.2) is 11.6 Å². The van der Waals surface area contributed by atoms with Gasteiger partial charge in [-0.3, -0.25) is 0 Å². The first-order valence-electron chi connectivity index (χ1n) is 4.89. The average molecular weight is 264 g/mol. The topological polar surface area (TPSA) is 71.9 Å². The van der Waals surface area contributed by atoms with Crippen molar-refractivity contribution in [2.24, 2.45) is 0 Å². The van der Waals surface area contributed by atoms with Gasteiger partial charge < -0.3 is 10.5 Å². The summed E-state index contributed by atoms with van der Waals surface area (Å²) in [6.07, 6.45) is 0. The Morgan fingerprint density at radius 3 is 2.72 bits per heavy atom. The second-order valence-electron chi connectivity index (χ2n) is 3.42. The number of pyridine rings is 1. The molecule has 0 unspecified atom stereocenters. The van der Waals surface area contributed by atoms with Gasteiger partial charge in [-0.05, 0) is 24.3 Å². The molecule has 6 heteroatoms. The summed E-state index contributed by atoms with van der Waals surface area (Å²) in [5.41, 5.74) is 6.12. The van der Waals surface area contributed by atoms with Gasteiger partial charge >= 0.3 is 0 Å². The van der Waals surface area contributed by atoms with Gasteiger partial charge in [-0.1, -0.05) is 11.6 Å². The SMILES string of the molecule is N#Cc1ccc(Oc2cc(N)cc(Cl)n2)c(F)c1. The molecule has 18 heavy (non-hydrogen) atoms. The lowest BCUT2D eigenvalue weighted by Gasteiger charge is -2.06. The van der Waals surface area contributed by atoms with Crippen LogP contribution in [-0.2, 0) is 0 Å². The van der Waals surface area contributed by atoms with Crippen LogP contribution in [-0.4, -0.2) is 4.98 Å². The fourth-order valence-electron chi connectivity index (χ4n) is 1.31. The van der Waals surface area contributed by atoms with E-state index in [0.717, 1.165) is 6.07 Å². The van der Waals surface area contributed by atoms with E-state index in [1.54, 1.807) is 0 Å². The predicted molar refractivity (Wildman–Crippen MR) is 64.8 cm³/mol. The molecule has 2 aromatic rings. The lowest BCUT2D eigenvalue weighted by atomic mass is 10.2. The first-order chi connectivity index (χ1) is 8.58. The van der Waals surface area contributed by atoms with Crippen LogP contribution < -0.4 is 10.5 Å². The van der Waals surface area contributed by atoms with Gasteiger partial charge in [-0.2, -0.15) is 5.26 Å². The van der Waals surface area contributed by atoms with Gasteiger partial charge in [-0.25, -0.2) is 9.37 Å². The van der Waals surface area contributed by atoms with Crippen LogP contribution >= 0.6 is 11.6 Å². The number of hydrogen-bond donors (Lipinski definition) is 1. The highest BCUT2D eigenvalue weighted by Crippen LogP contribution is 2.26. The molecule has 0 amide bonds. The molecule has 1 heterocycles. The summed E-state index contributed by atoms with van der Waals surface area (Å²) < 4.78 is 18.8. The third-order valence-corrected chi connectivity index (χ3v) is 2.26. The molecule has 0 fully saturated rings. The number of nitrogens with two attached hydrogens (primary N) is 1. The first-order valence-corrected chi connectivity index (χ1v) is 5.27. The summed E-state index contributed by atoms with van der Waals surface area (Å²) in [4.78, 5) is 3.84. The number of nitriles is 1. The van der Waals surface area contributed by atoms with Crippen molar-refractivity contribution in [3.05, 3.63) is 46.9 Å². The Bertz CT molecular complexity index is 619. The number of benzene rings is 1. The van der Waals surface area contributed by atoms with E-state index in [9.17, 15) is 4.39 Å². The molecular weight excluding hydrogens is 257 g/mol. The second-order valence-corrected chi connectivity index (χ2v) is 3.81. The Morgan fingerprint density at radius 2 is 2.11 bits per heavy atom. The predicted octanol–water partition coefficient (Wildman–Crippen LogP) is 3.12. The molecule has 0 saturated carbocycles. The van der Waals surface area contributed by atoms with E-state index in [2.05, 4.69) is 4.98 Å². The highest BCUT2D eigenvalue weighted by molar-refractivity contribution is 6.29. The molecule has 1 aromatic carbocycles. The molecule has 0 spiro atoms. The van der Waals surface area contributed by atoms with Crippen LogP contribution in [0.15, 0.2) is 30.3 Å². The molecule has 1 aromatic heterocycles. The van der Waals surface area contributed by atoms with Gasteiger partial charge in [0.05, 0.1) is 11.6 Å². The Labute approximate surface area is 107 Å². The van der Waals surface area contributed by atoms with E-state index < -0.39 is 5.82 Å². The van der Waals surface area contributed by atoms with Crippen LogP contribution in [0.3, 0.4) is 0 Å². The van der Waals surface area contributed by atoms with Crippen LogP contribution in [0.5, 0.6) is 11.6 Å². The number of aromatic nitrogens is 1. The van der Waals surface area contributed by atoms with E-state index in [-0.39, 0.29) is 22.3 Å². The quantitative estimate of drug-likeness (QED) is 0.845. The number of nitrogens with zero attached hydrogens (tertiary/aromatic N) is 2. The van der Waals surface area contributed by atoms with Crippen LogP contribution in [0.25, 0.3) is 0 Å². The van der Waals surface area contributed by atoms with E-state index >= 15 is 0 Å². The van der Waals surface area contributed by atoms with Crippen molar-refractivity contribution in [2.45, 2.75) is 0 Å². The summed E-state index contributed by atoms with van der Waals surface area (Å²) in [6, 6.07) is 8.54. The van der Waals surface area contributed by atoms with Gasteiger partial charge in [0, 0.05) is 11.8 Å². The first kappa shape index (κ1) is 12.1. The van der Waals surface area contributed by atoms with E-state index in [0.29, 0.717) is 5.69 Å². The molecule has 0 aliphatic heterocycles. The zero-order valence-electron chi connectivity index (χ0n) is 9.02. The third-order valence-electron chi connectivity index (χ3n) is 2.07. The number of ether oxygens (including phenoxy) is 1. The minimum Gasteiger partial charge on any atom is -0.436 e. The third kappa shape index (κ3) is 2.67. The standard InChI is InChI=1S/C12H7ClFN3O/c13-11-4-8(16)5-12(17-11)18-10-2-1-7(6-15)3-9(10)14/h1-5H,(H2,16,17). The summed E-state index contributed by atoms with van der Waals surface area (Å²) in [7, 11) is 0. The largest absolute Gasteiger partial charge is 0.436 e. The van der Waals surface area contributed by atoms with Gasteiger partial charge in [-0.15, -0.1) is 0 Å². The molecular formula is C12H7ClFN3O. The summed E-state index contributed by atoms with van der Waals surface area (Å²) >= 11 is 5.70. The van der Waals surface area contributed by atoms with E-state index in [1.165, 1.54) is 24.3 Å². The molecule has 90 valence electrons. The normalized spacial score (nSPS) is 9.83. The summed E-state index contributed by atoms with van der Waals surface area (Å²) in [5, 5.41) is 8.76. The molecule has 0 aliphatic rings. The highest BCUT2D eigenvalue weighted by Gasteiger charge is 2.08. The molecule has 0 bridgehead atoms. The van der Waals surface area contributed by atoms with Crippen LogP contribution in [0, 0.1) is 17.1 Å². The lowest BCUT2D eigenvalue weighted by molar-refractivity contribution is 0.428. The van der Waals surface area contributed by atoms with Crippen molar-refractivity contribution in [3.63, 3.8) is 0 Å². The Hall–Kier alpha value is -2.32. The van der Waals surface area contributed by atoms with Crippen LogP contribution in [0.1, 0.15) is 5.56 Å². The minimum absolute atomic E-state index is 0.0526. The monoisotopic (exact) mass is 263 g/mol. The number of halogens is 2. The fraction of sp³-hybridized carbons (Fsp3) is 0. The van der Waals surface area contributed by atoms with Gasteiger partial charge in [0.2, 0.25) is 5.88 Å². The van der Waals surface area contributed by atoms with Crippen molar-refractivity contribution in [3.8, 4) is 17.7 Å². The number of nitrogen functional groups attached to an aromatic ring is 1. The number of anilines is 1. The summed E-state index contributed by atoms with van der Waals surface area (Å²) in [6.45, 7) is 0.